The maximum Gasteiger partial charge on any atom is 0.169 e. The highest BCUT2D eigenvalue weighted by Gasteiger charge is 2.32. The number of rotatable bonds is 3. The Morgan fingerprint density at radius 1 is 1.23 bits per heavy atom. The summed E-state index contributed by atoms with van der Waals surface area (Å²) in [6.07, 6.45) is 0.885. The van der Waals surface area contributed by atoms with Gasteiger partial charge in [0.15, 0.2) is 16.6 Å². The first-order chi connectivity index (χ1) is 10.4. The first kappa shape index (κ1) is 14.7. The summed E-state index contributed by atoms with van der Waals surface area (Å²) >= 11 is 4.81. The number of nitrogens with one attached hydrogen (secondary N) is 1. The number of ether oxygens (including phenoxy) is 2. The minimum Gasteiger partial charge on any atom is -0.483 e. The van der Waals surface area contributed by atoms with E-state index in [1.807, 2.05) is 36.4 Å². The molecule has 3 N–H and O–H groups in total. The van der Waals surface area contributed by atoms with Gasteiger partial charge in [-0.25, -0.2) is 0 Å². The predicted molar refractivity (Wildman–Crippen MR) is 91.8 cm³/mol. The topological polar surface area (TPSA) is 56.5 Å². The van der Waals surface area contributed by atoms with E-state index >= 15 is 0 Å². The molecule has 1 aliphatic rings. The number of nitrogens with two attached hydrogens (primary N) is 1. The highest BCUT2D eigenvalue weighted by molar-refractivity contribution is 7.80. The maximum atomic E-state index is 6.00. The van der Waals surface area contributed by atoms with E-state index in [0.29, 0.717) is 0 Å². The van der Waals surface area contributed by atoms with Gasteiger partial charge < -0.3 is 20.5 Å². The van der Waals surface area contributed by atoms with Crippen molar-refractivity contribution in [2.45, 2.75) is 25.9 Å². The first-order valence-electron chi connectivity index (χ1n) is 7.08. The fourth-order valence-corrected chi connectivity index (χ4v) is 2.66. The zero-order valence-electron chi connectivity index (χ0n) is 12.6. The maximum absolute atomic E-state index is 6.00. The van der Waals surface area contributed by atoms with Gasteiger partial charge in [0.05, 0.1) is 0 Å². The molecule has 114 valence electrons. The SMILES string of the molecule is CC1(C)Cc2cccc(Oc3ccc(NC(N)=S)cc3)c2O1. The fraction of sp³-hybridized carbons (Fsp3) is 0.235. The van der Waals surface area contributed by atoms with E-state index in [9.17, 15) is 0 Å². The van der Waals surface area contributed by atoms with Gasteiger partial charge in [-0.2, -0.15) is 0 Å². The van der Waals surface area contributed by atoms with Crippen molar-refractivity contribution in [3.05, 3.63) is 48.0 Å². The van der Waals surface area contributed by atoms with Crippen LogP contribution in [-0.4, -0.2) is 10.7 Å². The quantitative estimate of drug-likeness (QED) is 0.843. The van der Waals surface area contributed by atoms with Gasteiger partial charge in [-0.3, -0.25) is 0 Å². The van der Waals surface area contributed by atoms with Crippen LogP contribution in [0.15, 0.2) is 42.5 Å². The average molecular weight is 314 g/mol. The van der Waals surface area contributed by atoms with Crippen molar-refractivity contribution in [2.24, 2.45) is 5.73 Å². The van der Waals surface area contributed by atoms with Gasteiger partial charge in [-0.15, -0.1) is 0 Å². The Labute approximate surface area is 135 Å². The molecule has 0 radical (unpaired) electrons. The van der Waals surface area contributed by atoms with Crippen LogP contribution in [0, 0.1) is 0 Å². The van der Waals surface area contributed by atoms with Crippen LogP contribution in [0.3, 0.4) is 0 Å². The molecule has 3 rings (SSSR count). The molecule has 0 saturated carbocycles. The van der Waals surface area contributed by atoms with E-state index in [2.05, 4.69) is 25.2 Å². The van der Waals surface area contributed by atoms with E-state index in [-0.39, 0.29) is 10.7 Å². The molecule has 0 aromatic heterocycles. The minimum absolute atomic E-state index is 0.188. The monoisotopic (exact) mass is 314 g/mol. The highest BCUT2D eigenvalue weighted by Crippen LogP contribution is 2.43. The Morgan fingerprint density at radius 2 is 1.95 bits per heavy atom. The summed E-state index contributed by atoms with van der Waals surface area (Å²) in [6.45, 7) is 4.15. The molecule has 0 aliphatic carbocycles. The van der Waals surface area contributed by atoms with Crippen molar-refractivity contribution in [1.29, 1.82) is 0 Å². The summed E-state index contributed by atoms with van der Waals surface area (Å²) in [5.41, 5.74) is 7.26. The molecule has 0 spiro atoms. The van der Waals surface area contributed by atoms with Crippen molar-refractivity contribution >= 4 is 23.0 Å². The lowest BCUT2D eigenvalue weighted by Gasteiger charge is -2.18. The largest absolute Gasteiger partial charge is 0.483 e. The number of para-hydroxylation sites is 1. The van der Waals surface area contributed by atoms with Gasteiger partial charge in [-0.05, 0) is 56.4 Å². The molecule has 0 atom stereocenters. The molecular weight excluding hydrogens is 296 g/mol. The molecule has 22 heavy (non-hydrogen) atoms. The van der Waals surface area contributed by atoms with Crippen molar-refractivity contribution in [2.75, 3.05) is 5.32 Å². The summed E-state index contributed by atoms with van der Waals surface area (Å²) in [5, 5.41) is 3.12. The third-order valence-corrected chi connectivity index (χ3v) is 3.51. The number of anilines is 1. The van der Waals surface area contributed by atoms with Crippen molar-refractivity contribution in [1.82, 2.24) is 0 Å². The lowest BCUT2D eigenvalue weighted by atomic mass is 10.0. The van der Waals surface area contributed by atoms with Crippen LogP contribution >= 0.6 is 12.2 Å². The van der Waals surface area contributed by atoms with Gasteiger partial charge >= 0.3 is 0 Å². The van der Waals surface area contributed by atoms with E-state index in [1.54, 1.807) is 0 Å². The van der Waals surface area contributed by atoms with Crippen LogP contribution in [0.25, 0.3) is 0 Å². The molecule has 1 aliphatic heterocycles. The molecule has 0 unspecified atom stereocenters. The standard InChI is InChI=1S/C17H18N2O2S/c1-17(2)10-11-4-3-5-14(15(11)21-17)20-13-8-6-12(7-9-13)19-16(18)22/h3-9H,10H2,1-2H3,(H3,18,19,22). The predicted octanol–water partition coefficient (Wildman–Crippen LogP) is 3.85. The summed E-state index contributed by atoms with van der Waals surface area (Å²) in [7, 11) is 0. The molecule has 2 aromatic rings. The van der Waals surface area contributed by atoms with Gasteiger partial charge in [0.25, 0.3) is 0 Å². The number of hydrogen-bond donors (Lipinski definition) is 2. The normalized spacial score (nSPS) is 14.8. The van der Waals surface area contributed by atoms with Crippen LogP contribution in [-0.2, 0) is 6.42 Å². The van der Waals surface area contributed by atoms with Crippen LogP contribution in [0.4, 0.5) is 5.69 Å². The Morgan fingerprint density at radius 3 is 2.64 bits per heavy atom. The zero-order chi connectivity index (χ0) is 15.7. The molecule has 0 fully saturated rings. The smallest absolute Gasteiger partial charge is 0.169 e. The number of thiocarbonyl (C=S) groups is 1. The lowest BCUT2D eigenvalue weighted by molar-refractivity contribution is 0.135. The second-order valence-electron chi connectivity index (χ2n) is 5.90. The van der Waals surface area contributed by atoms with Gasteiger partial charge in [0, 0.05) is 17.7 Å². The van der Waals surface area contributed by atoms with E-state index in [1.165, 1.54) is 5.56 Å². The molecular formula is C17H18N2O2S. The third kappa shape index (κ3) is 3.14. The second kappa shape index (κ2) is 5.50. The second-order valence-corrected chi connectivity index (χ2v) is 6.34. The molecule has 0 saturated heterocycles. The lowest BCUT2D eigenvalue weighted by Crippen LogP contribution is -2.24. The average Bonchev–Trinajstić information content (AvgIpc) is 2.75. The molecule has 5 heteroatoms. The molecule has 2 aromatic carbocycles. The van der Waals surface area contributed by atoms with Crippen LogP contribution in [0.2, 0.25) is 0 Å². The van der Waals surface area contributed by atoms with E-state index < -0.39 is 0 Å². The third-order valence-electron chi connectivity index (χ3n) is 3.40. The minimum atomic E-state index is -0.188. The molecule has 0 bridgehead atoms. The summed E-state index contributed by atoms with van der Waals surface area (Å²) in [5.74, 6) is 2.30. The van der Waals surface area contributed by atoms with Crippen molar-refractivity contribution < 1.29 is 9.47 Å². The highest BCUT2D eigenvalue weighted by atomic mass is 32.1. The Kier molecular flexibility index (Phi) is 3.66. The van der Waals surface area contributed by atoms with Crippen molar-refractivity contribution in [3.8, 4) is 17.2 Å². The summed E-state index contributed by atoms with van der Waals surface area (Å²) < 4.78 is 12.0. The van der Waals surface area contributed by atoms with E-state index in [4.69, 9.17) is 27.4 Å². The van der Waals surface area contributed by atoms with Crippen LogP contribution in [0.1, 0.15) is 19.4 Å². The summed E-state index contributed by atoms with van der Waals surface area (Å²) in [6, 6.07) is 13.4. The van der Waals surface area contributed by atoms with Crippen molar-refractivity contribution in [3.63, 3.8) is 0 Å². The number of benzene rings is 2. The fourth-order valence-electron chi connectivity index (χ4n) is 2.54. The van der Waals surface area contributed by atoms with Crippen LogP contribution < -0.4 is 20.5 Å². The Bertz CT molecular complexity index is 711. The Balaban J connectivity index is 1.80. The molecule has 1 heterocycles. The molecule has 0 amide bonds. The molecule has 4 nitrogen and oxygen atoms in total. The first-order valence-corrected chi connectivity index (χ1v) is 7.49. The van der Waals surface area contributed by atoms with Gasteiger partial charge in [0.2, 0.25) is 0 Å². The van der Waals surface area contributed by atoms with Gasteiger partial charge in [-0.1, -0.05) is 12.1 Å². The van der Waals surface area contributed by atoms with E-state index in [0.717, 1.165) is 29.4 Å². The Hall–Kier alpha value is -2.27. The zero-order valence-corrected chi connectivity index (χ0v) is 13.4. The number of fused-ring (bicyclic) bond motifs is 1. The van der Waals surface area contributed by atoms with Crippen LogP contribution in [0.5, 0.6) is 17.2 Å². The summed E-state index contributed by atoms with van der Waals surface area (Å²) in [4.78, 5) is 0. The van der Waals surface area contributed by atoms with Gasteiger partial charge in [0.1, 0.15) is 11.4 Å². The number of hydrogen-bond acceptors (Lipinski definition) is 3.